The summed E-state index contributed by atoms with van der Waals surface area (Å²) in [5.74, 6) is -0.0209. The fourth-order valence-corrected chi connectivity index (χ4v) is 2.57. The summed E-state index contributed by atoms with van der Waals surface area (Å²) >= 11 is 1.56. The molecule has 19 heavy (non-hydrogen) atoms. The van der Waals surface area contributed by atoms with E-state index in [4.69, 9.17) is 5.11 Å². The SMILES string of the molecule is CCCCSCC(NC(=O)c1ccccc1)C(=O)O. The lowest BCUT2D eigenvalue weighted by molar-refractivity contribution is -0.138. The Morgan fingerprint density at radius 2 is 2.00 bits per heavy atom. The normalized spacial score (nSPS) is 11.8. The summed E-state index contributed by atoms with van der Waals surface area (Å²) in [6.45, 7) is 2.09. The summed E-state index contributed by atoms with van der Waals surface area (Å²) in [5, 5.41) is 11.6. The van der Waals surface area contributed by atoms with Gasteiger partial charge in [-0.3, -0.25) is 4.79 Å². The summed E-state index contributed by atoms with van der Waals surface area (Å²) in [5.41, 5.74) is 0.479. The molecule has 104 valence electrons. The van der Waals surface area contributed by atoms with Crippen molar-refractivity contribution in [3.8, 4) is 0 Å². The molecule has 1 aromatic carbocycles. The average Bonchev–Trinajstić information content (AvgIpc) is 2.42. The highest BCUT2D eigenvalue weighted by molar-refractivity contribution is 7.99. The van der Waals surface area contributed by atoms with Crippen LogP contribution in [0.3, 0.4) is 0 Å². The molecular weight excluding hydrogens is 262 g/mol. The molecule has 0 bridgehead atoms. The first-order valence-corrected chi connectivity index (χ1v) is 7.47. The topological polar surface area (TPSA) is 66.4 Å². The third kappa shape index (κ3) is 5.79. The van der Waals surface area contributed by atoms with Gasteiger partial charge in [0.2, 0.25) is 0 Å². The predicted molar refractivity (Wildman–Crippen MR) is 77.6 cm³/mol. The van der Waals surface area contributed by atoms with E-state index in [-0.39, 0.29) is 5.91 Å². The number of rotatable bonds is 8. The number of carbonyl (C=O) groups excluding carboxylic acids is 1. The Balaban J connectivity index is 2.49. The zero-order chi connectivity index (χ0) is 14.1. The van der Waals surface area contributed by atoms with Crippen molar-refractivity contribution in [3.63, 3.8) is 0 Å². The number of unbranched alkanes of at least 4 members (excludes halogenated alkanes) is 1. The minimum absolute atomic E-state index is 0.343. The van der Waals surface area contributed by atoms with Gasteiger partial charge in [-0.1, -0.05) is 31.5 Å². The number of carboxylic acid groups (broad SMARTS) is 1. The van der Waals surface area contributed by atoms with Crippen LogP contribution in [0.15, 0.2) is 30.3 Å². The number of amides is 1. The minimum atomic E-state index is -0.992. The Bertz CT molecular complexity index is 408. The van der Waals surface area contributed by atoms with Gasteiger partial charge in [-0.25, -0.2) is 4.79 Å². The molecule has 1 amide bonds. The highest BCUT2D eigenvalue weighted by Crippen LogP contribution is 2.08. The maximum absolute atomic E-state index is 11.9. The van der Waals surface area contributed by atoms with E-state index < -0.39 is 12.0 Å². The second-order valence-corrected chi connectivity index (χ2v) is 5.31. The van der Waals surface area contributed by atoms with E-state index in [2.05, 4.69) is 12.2 Å². The van der Waals surface area contributed by atoms with Crippen LogP contribution in [0.1, 0.15) is 30.1 Å². The second kappa shape index (κ2) is 8.58. The molecule has 0 heterocycles. The lowest BCUT2D eigenvalue weighted by atomic mass is 10.2. The summed E-state index contributed by atoms with van der Waals surface area (Å²) in [7, 11) is 0. The molecule has 1 aromatic rings. The molecule has 0 aliphatic carbocycles. The lowest BCUT2D eigenvalue weighted by Crippen LogP contribution is -2.42. The summed E-state index contributed by atoms with van der Waals surface area (Å²) in [6, 6.07) is 7.80. The summed E-state index contributed by atoms with van der Waals surface area (Å²) in [4.78, 5) is 23.0. The predicted octanol–water partition coefficient (Wildman–Crippen LogP) is 2.40. The van der Waals surface area contributed by atoms with Gasteiger partial charge in [0.05, 0.1) is 0 Å². The van der Waals surface area contributed by atoms with Gasteiger partial charge in [-0.2, -0.15) is 11.8 Å². The Kier molecular flexibility index (Phi) is 7.03. The Morgan fingerprint density at radius 3 is 2.58 bits per heavy atom. The first-order chi connectivity index (χ1) is 9.15. The molecule has 4 nitrogen and oxygen atoms in total. The largest absolute Gasteiger partial charge is 0.480 e. The number of hydrogen-bond acceptors (Lipinski definition) is 3. The third-order valence-corrected chi connectivity index (χ3v) is 3.71. The Hall–Kier alpha value is -1.49. The van der Waals surface area contributed by atoms with Crippen molar-refractivity contribution in [3.05, 3.63) is 35.9 Å². The highest BCUT2D eigenvalue weighted by Gasteiger charge is 2.20. The van der Waals surface area contributed by atoms with E-state index in [1.54, 1.807) is 36.0 Å². The first-order valence-electron chi connectivity index (χ1n) is 6.31. The molecule has 0 radical (unpaired) electrons. The van der Waals surface area contributed by atoms with Gasteiger partial charge in [0, 0.05) is 11.3 Å². The van der Waals surface area contributed by atoms with E-state index in [0.29, 0.717) is 11.3 Å². The molecule has 0 fully saturated rings. The van der Waals surface area contributed by atoms with Crippen LogP contribution < -0.4 is 5.32 Å². The van der Waals surface area contributed by atoms with Crippen molar-refractivity contribution in [2.45, 2.75) is 25.8 Å². The number of aliphatic carboxylic acids is 1. The second-order valence-electron chi connectivity index (χ2n) is 4.16. The maximum Gasteiger partial charge on any atom is 0.327 e. The van der Waals surface area contributed by atoms with Gasteiger partial charge in [-0.05, 0) is 24.3 Å². The monoisotopic (exact) mass is 281 g/mol. The first kappa shape index (κ1) is 15.6. The minimum Gasteiger partial charge on any atom is -0.480 e. The van der Waals surface area contributed by atoms with Crippen molar-refractivity contribution in [1.82, 2.24) is 5.32 Å². The van der Waals surface area contributed by atoms with E-state index >= 15 is 0 Å². The zero-order valence-electron chi connectivity index (χ0n) is 11.0. The highest BCUT2D eigenvalue weighted by atomic mass is 32.2. The fourth-order valence-electron chi connectivity index (χ4n) is 1.45. The molecule has 0 aliphatic rings. The van der Waals surface area contributed by atoms with Crippen molar-refractivity contribution < 1.29 is 14.7 Å². The molecule has 0 spiro atoms. The molecular formula is C14H19NO3S. The molecule has 1 rings (SSSR count). The Labute approximate surface area is 117 Å². The van der Waals surface area contributed by atoms with Crippen LogP contribution in [0.25, 0.3) is 0 Å². The number of thioether (sulfide) groups is 1. The zero-order valence-corrected chi connectivity index (χ0v) is 11.8. The fraction of sp³-hybridized carbons (Fsp3) is 0.429. The van der Waals surface area contributed by atoms with Crippen molar-refractivity contribution in [2.24, 2.45) is 0 Å². The quantitative estimate of drug-likeness (QED) is 0.718. The van der Waals surface area contributed by atoms with Crippen LogP contribution >= 0.6 is 11.8 Å². The van der Waals surface area contributed by atoms with Crippen molar-refractivity contribution >= 4 is 23.6 Å². The Morgan fingerprint density at radius 1 is 1.32 bits per heavy atom. The van der Waals surface area contributed by atoms with E-state index in [1.807, 2.05) is 6.07 Å². The molecule has 2 N–H and O–H groups in total. The average molecular weight is 281 g/mol. The molecule has 5 heteroatoms. The van der Waals surface area contributed by atoms with E-state index in [0.717, 1.165) is 18.6 Å². The van der Waals surface area contributed by atoms with Gasteiger partial charge in [-0.15, -0.1) is 0 Å². The molecule has 0 aliphatic heterocycles. The van der Waals surface area contributed by atoms with Crippen molar-refractivity contribution in [1.29, 1.82) is 0 Å². The smallest absolute Gasteiger partial charge is 0.327 e. The molecule has 0 saturated carbocycles. The standard InChI is InChI=1S/C14H19NO3S/c1-2-3-9-19-10-12(14(17)18)15-13(16)11-7-5-4-6-8-11/h4-8,12H,2-3,9-10H2,1H3,(H,15,16)(H,17,18). The van der Waals surface area contributed by atoms with Crippen LogP contribution in [0, 0.1) is 0 Å². The summed E-state index contributed by atoms with van der Waals surface area (Å²) in [6.07, 6.45) is 2.14. The molecule has 1 atom stereocenters. The summed E-state index contributed by atoms with van der Waals surface area (Å²) < 4.78 is 0. The van der Waals surface area contributed by atoms with Gasteiger partial charge in [0.25, 0.3) is 5.91 Å². The van der Waals surface area contributed by atoms with Crippen LogP contribution in [0.5, 0.6) is 0 Å². The van der Waals surface area contributed by atoms with E-state index in [9.17, 15) is 9.59 Å². The number of benzene rings is 1. The van der Waals surface area contributed by atoms with Crippen LogP contribution in [-0.4, -0.2) is 34.5 Å². The van der Waals surface area contributed by atoms with Crippen LogP contribution in [0.2, 0.25) is 0 Å². The van der Waals surface area contributed by atoms with E-state index in [1.165, 1.54) is 0 Å². The molecule has 1 unspecified atom stereocenters. The van der Waals surface area contributed by atoms with Gasteiger partial charge >= 0.3 is 5.97 Å². The number of carboxylic acids is 1. The van der Waals surface area contributed by atoms with Crippen LogP contribution in [-0.2, 0) is 4.79 Å². The maximum atomic E-state index is 11.9. The lowest BCUT2D eigenvalue weighted by Gasteiger charge is -2.14. The number of carbonyl (C=O) groups is 2. The third-order valence-electron chi connectivity index (χ3n) is 2.57. The van der Waals surface area contributed by atoms with Gasteiger partial charge < -0.3 is 10.4 Å². The molecule has 0 aromatic heterocycles. The molecule has 0 saturated heterocycles. The number of hydrogen-bond donors (Lipinski definition) is 2. The van der Waals surface area contributed by atoms with Crippen molar-refractivity contribution in [2.75, 3.05) is 11.5 Å². The van der Waals surface area contributed by atoms with Gasteiger partial charge in [0.1, 0.15) is 6.04 Å². The van der Waals surface area contributed by atoms with Crippen LogP contribution in [0.4, 0.5) is 0 Å². The number of nitrogens with one attached hydrogen (secondary N) is 1. The van der Waals surface area contributed by atoms with Gasteiger partial charge in [0.15, 0.2) is 0 Å².